The van der Waals surface area contributed by atoms with Crippen LogP contribution in [0.2, 0.25) is 0 Å². The van der Waals surface area contributed by atoms with Gasteiger partial charge in [0, 0.05) is 30.4 Å². The van der Waals surface area contributed by atoms with E-state index in [1.165, 1.54) is 29.8 Å². The van der Waals surface area contributed by atoms with Crippen molar-refractivity contribution < 1.29 is 40.3 Å². The van der Waals surface area contributed by atoms with Crippen molar-refractivity contribution in [2.24, 2.45) is 7.05 Å². The maximum absolute atomic E-state index is 13.7. The number of amides is 2. The Bertz CT molecular complexity index is 1690. The van der Waals surface area contributed by atoms with E-state index in [-0.39, 0.29) is 51.9 Å². The number of hydrogen-bond acceptors (Lipinski definition) is 3. The van der Waals surface area contributed by atoms with Crippen LogP contribution in [0.15, 0.2) is 48.5 Å². The lowest BCUT2D eigenvalue weighted by atomic mass is 10.0. The van der Waals surface area contributed by atoms with Crippen LogP contribution in [0.4, 0.5) is 36.4 Å². The van der Waals surface area contributed by atoms with Crippen LogP contribution in [0.25, 0.3) is 11.0 Å². The first-order valence-corrected chi connectivity index (χ1v) is 11.9. The third kappa shape index (κ3) is 6.10. The van der Waals surface area contributed by atoms with Crippen LogP contribution in [0.3, 0.4) is 0 Å². The maximum Gasteiger partial charge on any atom is 0.416 e. The van der Waals surface area contributed by atoms with E-state index >= 15 is 0 Å². The van der Waals surface area contributed by atoms with Gasteiger partial charge < -0.3 is 19.8 Å². The van der Waals surface area contributed by atoms with E-state index in [4.69, 9.17) is 5.41 Å². The number of imidazole rings is 1. The Labute approximate surface area is 227 Å². The summed E-state index contributed by atoms with van der Waals surface area (Å²) in [5, 5.41) is 13.0. The van der Waals surface area contributed by atoms with E-state index in [2.05, 4.69) is 10.6 Å². The summed E-state index contributed by atoms with van der Waals surface area (Å²) in [6, 6.07) is 9.00. The minimum atomic E-state index is -4.89. The summed E-state index contributed by atoms with van der Waals surface area (Å²) < 4.78 is 93.2. The second-order valence-electron chi connectivity index (χ2n) is 9.19. The Morgan fingerprint density at radius 3 is 2.32 bits per heavy atom. The van der Waals surface area contributed by atoms with Gasteiger partial charge in [-0.15, -0.1) is 0 Å². The number of benzene rings is 3. The van der Waals surface area contributed by atoms with Crippen molar-refractivity contribution in [3.05, 3.63) is 93.6 Å². The zero-order valence-electron chi connectivity index (χ0n) is 21.5. The molecule has 0 aliphatic carbocycles. The summed E-state index contributed by atoms with van der Waals surface area (Å²) in [6.07, 6.45) is -7.71. The molecule has 0 radical (unpaired) electrons. The largest absolute Gasteiger partial charge is 0.416 e. The monoisotopic (exact) mass is 581 g/mol. The van der Waals surface area contributed by atoms with E-state index in [0.717, 1.165) is 10.1 Å². The molecule has 5 rings (SSSR count). The number of hydrogen-bond donors (Lipinski definition) is 3. The normalized spacial score (nSPS) is 12.7. The first kappa shape index (κ1) is 29.4. The van der Waals surface area contributed by atoms with Crippen molar-refractivity contribution in [1.29, 1.82) is 5.41 Å². The van der Waals surface area contributed by atoms with Gasteiger partial charge in [-0.3, -0.25) is 15.0 Å². The van der Waals surface area contributed by atoms with Gasteiger partial charge in [0.15, 0.2) is 0 Å². The number of fused-ring (bicyclic) bond motifs is 3. The molecule has 0 fully saturated rings. The maximum atomic E-state index is 13.7. The number of nitrogens with zero attached hydrogens (tertiary/aromatic N) is 2. The lowest BCUT2D eigenvalue weighted by Crippen LogP contribution is -2.25. The molecule has 0 saturated carbocycles. The van der Waals surface area contributed by atoms with Gasteiger partial charge in [-0.25, -0.2) is 17.6 Å². The fraction of sp³-hybridized carbons (Fsp3) is 0.222. The molecule has 1 aromatic heterocycles. The predicted molar refractivity (Wildman–Crippen MR) is 134 cm³/mol. The van der Waals surface area contributed by atoms with E-state index < -0.39 is 47.9 Å². The van der Waals surface area contributed by atoms with E-state index in [0.29, 0.717) is 12.1 Å². The standard InChI is InChI=1S/C20H15F6N5O2.C7H7F/c1-30-16-13(31(19(30)27)7-14(22)23)5-12(11-6-28-18(33)15(11)16)29-17(32)8-2-9(20(24,25)26)4-10(21)3-8;1-6-2-4-7(8)5-3-6/h2-5,14,27H,6-7H2,1H3,(H,28,33)(H,29,32);2-5H,1H3. The van der Waals surface area contributed by atoms with Gasteiger partial charge in [0.25, 0.3) is 18.2 Å². The summed E-state index contributed by atoms with van der Waals surface area (Å²) in [5.74, 6) is -3.11. The molecular formula is C27H22F7N5O2. The van der Waals surface area contributed by atoms with E-state index in [1.807, 2.05) is 6.92 Å². The first-order valence-electron chi connectivity index (χ1n) is 11.9. The Kier molecular flexibility index (Phi) is 7.95. The van der Waals surface area contributed by atoms with E-state index in [9.17, 15) is 40.3 Å². The fourth-order valence-electron chi connectivity index (χ4n) is 4.38. The molecule has 0 unspecified atom stereocenters. The molecule has 1 aliphatic heterocycles. The van der Waals surface area contributed by atoms with Crippen molar-refractivity contribution in [2.75, 3.05) is 5.32 Å². The van der Waals surface area contributed by atoms with Gasteiger partial charge in [0.1, 0.15) is 11.6 Å². The second kappa shape index (κ2) is 11.1. The number of anilines is 1. The number of carbonyl (C=O) groups excluding carboxylic acids is 2. The third-order valence-corrected chi connectivity index (χ3v) is 6.31. The molecule has 0 spiro atoms. The zero-order valence-corrected chi connectivity index (χ0v) is 21.5. The van der Waals surface area contributed by atoms with Gasteiger partial charge in [-0.1, -0.05) is 17.7 Å². The Morgan fingerprint density at radius 2 is 1.73 bits per heavy atom. The number of nitrogens with one attached hydrogen (secondary N) is 3. The molecule has 2 amide bonds. The van der Waals surface area contributed by atoms with Gasteiger partial charge in [-0.05, 0) is 43.3 Å². The molecule has 4 aromatic rings. The summed E-state index contributed by atoms with van der Waals surface area (Å²) in [6.45, 7) is 1.02. The van der Waals surface area contributed by atoms with Gasteiger partial charge in [0.05, 0.1) is 28.7 Å². The lowest BCUT2D eigenvalue weighted by Gasteiger charge is -2.13. The number of rotatable bonds is 4. The van der Waals surface area contributed by atoms with Crippen molar-refractivity contribution in [3.63, 3.8) is 0 Å². The summed E-state index contributed by atoms with van der Waals surface area (Å²) in [4.78, 5) is 25.1. The number of aryl methyl sites for hydroxylation is 2. The average Bonchev–Trinajstić information content (AvgIpc) is 3.38. The predicted octanol–water partition coefficient (Wildman–Crippen LogP) is 5.51. The molecule has 3 N–H and O–H groups in total. The summed E-state index contributed by atoms with van der Waals surface area (Å²) >= 11 is 0. The summed E-state index contributed by atoms with van der Waals surface area (Å²) in [7, 11) is 1.42. The van der Waals surface area contributed by atoms with Crippen LogP contribution in [0, 0.1) is 24.0 Å². The second-order valence-corrected chi connectivity index (χ2v) is 9.19. The molecular weight excluding hydrogens is 559 g/mol. The topological polar surface area (TPSA) is 91.9 Å². The third-order valence-electron chi connectivity index (χ3n) is 6.31. The van der Waals surface area contributed by atoms with Crippen molar-refractivity contribution in [2.45, 2.75) is 32.6 Å². The van der Waals surface area contributed by atoms with Crippen LogP contribution in [0.1, 0.15) is 37.4 Å². The zero-order chi connectivity index (χ0) is 30.2. The summed E-state index contributed by atoms with van der Waals surface area (Å²) in [5.41, 5.74) is -0.711. The highest BCUT2D eigenvalue weighted by Crippen LogP contribution is 2.34. The molecule has 14 heteroatoms. The van der Waals surface area contributed by atoms with Crippen molar-refractivity contribution >= 4 is 28.5 Å². The van der Waals surface area contributed by atoms with Crippen molar-refractivity contribution in [1.82, 2.24) is 14.5 Å². The quantitative estimate of drug-likeness (QED) is 0.278. The smallest absolute Gasteiger partial charge is 0.348 e. The van der Waals surface area contributed by atoms with E-state index in [1.54, 1.807) is 12.1 Å². The van der Waals surface area contributed by atoms with Crippen LogP contribution < -0.4 is 16.3 Å². The van der Waals surface area contributed by atoms with Crippen LogP contribution >= 0.6 is 0 Å². The van der Waals surface area contributed by atoms with Crippen LogP contribution in [0.5, 0.6) is 0 Å². The fourth-order valence-corrected chi connectivity index (χ4v) is 4.38. The van der Waals surface area contributed by atoms with Gasteiger partial charge in [0.2, 0.25) is 5.62 Å². The number of aromatic nitrogens is 2. The molecule has 1 aliphatic rings. The molecule has 0 bridgehead atoms. The number of halogens is 7. The average molecular weight is 581 g/mol. The Balaban J connectivity index is 0.000000417. The Morgan fingerprint density at radius 1 is 1.07 bits per heavy atom. The lowest BCUT2D eigenvalue weighted by molar-refractivity contribution is -0.137. The highest BCUT2D eigenvalue weighted by atomic mass is 19.4. The minimum absolute atomic E-state index is 0.0349. The molecule has 7 nitrogen and oxygen atoms in total. The Hall–Kier alpha value is -4.62. The van der Waals surface area contributed by atoms with Gasteiger partial charge >= 0.3 is 6.18 Å². The molecule has 0 atom stereocenters. The van der Waals surface area contributed by atoms with Gasteiger partial charge in [-0.2, -0.15) is 13.2 Å². The number of carbonyl (C=O) groups is 2. The molecule has 3 aromatic carbocycles. The van der Waals surface area contributed by atoms with Crippen LogP contribution in [-0.2, 0) is 26.3 Å². The molecule has 0 saturated heterocycles. The highest BCUT2D eigenvalue weighted by molar-refractivity contribution is 6.13. The SMILES string of the molecule is Cc1ccc(F)cc1.Cn1c(=N)n(CC(F)F)c2cc(NC(=O)c3cc(F)cc(C(F)(F)F)c3)c3c(c21)C(=O)NC3. The molecule has 216 valence electrons. The highest BCUT2D eigenvalue weighted by Gasteiger charge is 2.33. The minimum Gasteiger partial charge on any atom is -0.348 e. The number of alkyl halides is 5. The van der Waals surface area contributed by atoms with Crippen LogP contribution in [-0.4, -0.2) is 27.4 Å². The molecule has 2 heterocycles. The first-order chi connectivity index (χ1) is 19.2. The van der Waals surface area contributed by atoms with Crippen molar-refractivity contribution in [3.8, 4) is 0 Å². The molecule has 41 heavy (non-hydrogen) atoms.